The predicted molar refractivity (Wildman–Crippen MR) is 124 cm³/mol. The van der Waals surface area contributed by atoms with E-state index in [9.17, 15) is 0 Å². The molecule has 27 heavy (non-hydrogen) atoms. The average Bonchev–Trinajstić information content (AvgIpc) is 2.71. The number of aryl methyl sites for hydroxylation is 1. The van der Waals surface area contributed by atoms with Crippen LogP contribution >= 0.6 is 7.55 Å². The minimum atomic E-state index is -0.0241. The predicted octanol–water partition coefficient (Wildman–Crippen LogP) is 7.21. The molecule has 1 nitrogen and oxygen atoms in total. The molecule has 0 radical (unpaired) electrons. The lowest BCUT2D eigenvalue weighted by atomic mass is 10.0. The van der Waals surface area contributed by atoms with Crippen LogP contribution in [0.25, 0.3) is 11.1 Å². The van der Waals surface area contributed by atoms with Crippen molar-refractivity contribution in [3.8, 4) is 11.1 Å². The highest BCUT2D eigenvalue weighted by Gasteiger charge is 2.01. The van der Waals surface area contributed by atoms with Gasteiger partial charge in [0.15, 0.2) is 0 Å². The molecule has 0 fully saturated rings. The van der Waals surface area contributed by atoms with Crippen molar-refractivity contribution in [1.29, 1.82) is 0 Å². The van der Waals surface area contributed by atoms with Crippen LogP contribution in [0, 0.1) is 0 Å². The summed E-state index contributed by atoms with van der Waals surface area (Å²) in [4.78, 5) is 2.08. The third kappa shape index (κ3) is 7.04. The van der Waals surface area contributed by atoms with Crippen LogP contribution in [0.3, 0.4) is 0 Å². The van der Waals surface area contributed by atoms with Crippen LogP contribution in [0.1, 0.15) is 31.4 Å². The normalized spacial score (nSPS) is 12.0. The quantitative estimate of drug-likeness (QED) is 0.418. The number of allylic oxidation sites excluding steroid dienone is 2. The fourth-order valence-electron chi connectivity index (χ4n) is 2.82. The summed E-state index contributed by atoms with van der Waals surface area (Å²) < 4.78 is 0. The van der Waals surface area contributed by atoms with Gasteiger partial charge in [-0.05, 0) is 67.4 Å². The lowest BCUT2D eigenvalue weighted by Gasteiger charge is -2.15. The second-order valence-electron chi connectivity index (χ2n) is 6.58. The molecule has 0 heterocycles. The van der Waals surface area contributed by atoms with E-state index in [0.717, 1.165) is 19.4 Å². The van der Waals surface area contributed by atoms with Crippen molar-refractivity contribution in [1.82, 2.24) is 4.90 Å². The topological polar surface area (TPSA) is 3.24 Å². The molecule has 0 bridgehead atoms. The van der Waals surface area contributed by atoms with Crippen molar-refractivity contribution < 1.29 is 0 Å². The molecule has 0 aliphatic heterocycles. The van der Waals surface area contributed by atoms with Gasteiger partial charge in [-0.2, -0.15) is 0 Å². The molecule has 140 valence electrons. The Labute approximate surface area is 166 Å². The molecule has 2 aromatic rings. The van der Waals surface area contributed by atoms with Gasteiger partial charge in [-0.25, -0.2) is 0 Å². The number of hydrogen-bond acceptors (Lipinski definition) is 1. The third-order valence-corrected chi connectivity index (χ3v) is 6.02. The second kappa shape index (κ2) is 11.4. The highest BCUT2D eigenvalue weighted by molar-refractivity contribution is 7.59. The Balaban J connectivity index is 1.96. The third-order valence-electron chi connectivity index (χ3n) is 4.53. The van der Waals surface area contributed by atoms with Gasteiger partial charge in [-0.15, -0.1) is 0 Å². The molecule has 0 saturated heterocycles. The lowest BCUT2D eigenvalue weighted by Crippen LogP contribution is -2.07. The molecule has 2 heteroatoms. The number of nitrogens with zero attached hydrogens (tertiary/aromatic N) is 1. The summed E-state index contributed by atoms with van der Waals surface area (Å²) >= 11 is 0. The first-order valence-corrected chi connectivity index (χ1v) is 11.5. The largest absolute Gasteiger partial charge is 0.351 e. The van der Waals surface area contributed by atoms with E-state index in [-0.39, 0.29) is 7.55 Å². The average molecular weight is 377 g/mol. The number of hydrogen-bond donors (Lipinski definition) is 0. The molecule has 0 aliphatic carbocycles. The maximum atomic E-state index is 3.86. The van der Waals surface area contributed by atoms with Crippen LogP contribution in [-0.2, 0) is 13.0 Å². The Hall–Kier alpha value is -2.37. The summed E-state index contributed by atoms with van der Waals surface area (Å²) in [5.74, 6) is 4.62. The zero-order valence-corrected chi connectivity index (χ0v) is 17.7. The molecule has 0 amide bonds. The zero-order chi connectivity index (χ0) is 19.5. The van der Waals surface area contributed by atoms with Gasteiger partial charge in [0, 0.05) is 6.54 Å². The van der Waals surface area contributed by atoms with E-state index in [1.807, 2.05) is 25.4 Å². The molecular formula is C25H31NP+. The highest BCUT2D eigenvalue weighted by atomic mass is 31.1. The SMILES string of the molecule is C=CN(/C=C\C)Cc1ccc(-c2ccc(CC/C=C\[P+](C)=C/C)cc2)cc1. The van der Waals surface area contributed by atoms with Crippen LogP contribution in [-0.4, -0.2) is 17.4 Å². The van der Waals surface area contributed by atoms with Crippen LogP contribution in [0.15, 0.2) is 85.5 Å². The molecule has 0 saturated carbocycles. The maximum Gasteiger partial charge on any atom is 0.116 e. The summed E-state index contributed by atoms with van der Waals surface area (Å²) in [6.07, 6.45) is 10.4. The Morgan fingerprint density at radius 3 is 2.04 bits per heavy atom. The molecule has 1 unspecified atom stereocenters. The van der Waals surface area contributed by atoms with E-state index in [1.165, 1.54) is 22.3 Å². The van der Waals surface area contributed by atoms with E-state index >= 15 is 0 Å². The minimum Gasteiger partial charge on any atom is -0.351 e. The van der Waals surface area contributed by atoms with Crippen molar-refractivity contribution in [2.75, 3.05) is 6.66 Å². The standard InChI is InChI=1S/C25H31NP/c1-5-19-26(6-2)21-23-13-17-25(18-14-23)24-15-11-22(12-16-24)10-8-9-20-27(4)7-3/h5-7,9,11-20H,2,8,10,21H2,1,3-4H3/q+1/b19-5-,20-9-. The number of rotatable bonds is 9. The Bertz CT molecular complexity index is 795. The monoisotopic (exact) mass is 376 g/mol. The van der Waals surface area contributed by atoms with Crippen molar-refractivity contribution >= 4 is 13.3 Å². The van der Waals surface area contributed by atoms with Crippen LogP contribution in [0.4, 0.5) is 0 Å². The summed E-state index contributed by atoms with van der Waals surface area (Å²) in [5.41, 5.74) is 5.21. The fraction of sp³-hybridized carbons (Fsp3) is 0.240. The minimum absolute atomic E-state index is 0.0241. The first kappa shape index (κ1) is 20.9. The highest BCUT2D eigenvalue weighted by Crippen LogP contribution is 2.22. The molecule has 0 spiro atoms. The zero-order valence-electron chi connectivity index (χ0n) is 16.8. The molecule has 2 aromatic carbocycles. The van der Waals surface area contributed by atoms with Crippen molar-refractivity contribution in [3.63, 3.8) is 0 Å². The Morgan fingerprint density at radius 2 is 1.52 bits per heavy atom. The van der Waals surface area contributed by atoms with Gasteiger partial charge < -0.3 is 4.90 Å². The molecule has 2 rings (SSSR count). The van der Waals surface area contributed by atoms with Gasteiger partial charge >= 0.3 is 0 Å². The Kier molecular flexibility index (Phi) is 8.81. The molecular weight excluding hydrogens is 345 g/mol. The van der Waals surface area contributed by atoms with Gasteiger partial charge in [0.05, 0.1) is 5.80 Å². The molecule has 0 aliphatic rings. The van der Waals surface area contributed by atoms with Crippen molar-refractivity contribution in [2.24, 2.45) is 0 Å². The molecule has 1 atom stereocenters. The van der Waals surface area contributed by atoms with E-state index in [2.05, 4.69) is 91.3 Å². The van der Waals surface area contributed by atoms with E-state index in [4.69, 9.17) is 0 Å². The van der Waals surface area contributed by atoms with E-state index in [0.29, 0.717) is 0 Å². The van der Waals surface area contributed by atoms with E-state index < -0.39 is 0 Å². The van der Waals surface area contributed by atoms with Crippen molar-refractivity contribution in [2.45, 2.75) is 33.2 Å². The van der Waals surface area contributed by atoms with Crippen molar-refractivity contribution in [3.05, 3.63) is 96.6 Å². The van der Waals surface area contributed by atoms with Gasteiger partial charge in [0.2, 0.25) is 0 Å². The first-order chi connectivity index (χ1) is 13.2. The number of benzene rings is 2. The van der Waals surface area contributed by atoms with Gasteiger partial charge in [0.25, 0.3) is 0 Å². The summed E-state index contributed by atoms with van der Waals surface area (Å²) in [7, 11) is -0.0241. The fourth-order valence-corrected chi connectivity index (χ4v) is 3.48. The lowest BCUT2D eigenvalue weighted by molar-refractivity contribution is 0.502. The first-order valence-electron chi connectivity index (χ1n) is 9.53. The van der Waals surface area contributed by atoms with Crippen LogP contribution < -0.4 is 0 Å². The van der Waals surface area contributed by atoms with E-state index in [1.54, 1.807) is 0 Å². The molecule has 0 aromatic heterocycles. The van der Waals surface area contributed by atoms with Gasteiger partial charge in [-0.1, -0.05) is 61.2 Å². The summed E-state index contributed by atoms with van der Waals surface area (Å²) in [5, 5.41) is 0. The van der Waals surface area contributed by atoms with Crippen LogP contribution in [0.5, 0.6) is 0 Å². The summed E-state index contributed by atoms with van der Waals surface area (Å²) in [6.45, 7) is 11.1. The molecule has 0 N–H and O–H groups in total. The van der Waals surface area contributed by atoms with Gasteiger partial charge in [-0.3, -0.25) is 0 Å². The Morgan fingerprint density at radius 1 is 0.926 bits per heavy atom. The van der Waals surface area contributed by atoms with Crippen LogP contribution in [0.2, 0.25) is 0 Å². The second-order valence-corrected chi connectivity index (χ2v) is 8.72. The smallest absolute Gasteiger partial charge is 0.116 e. The maximum absolute atomic E-state index is 3.86. The summed E-state index contributed by atoms with van der Waals surface area (Å²) in [6, 6.07) is 17.8. The van der Waals surface area contributed by atoms with Gasteiger partial charge in [0.1, 0.15) is 20.0 Å².